The standard InChI is InChI=1S/C19H28N2O5S2/c1-14-2-8-18(9-3-14)28(25,26)20-12-15-4-6-16(7-5-15)19(22)21-17-10-11-27(23,24)13-17/h2-3,8-9,15-17,20H,4-7,10-13H2,1H3,(H,21,22)/t15?,16?,17-/m0/s1. The summed E-state index contributed by atoms with van der Waals surface area (Å²) in [6.07, 6.45) is 3.43. The molecule has 9 heteroatoms. The Morgan fingerprint density at radius 1 is 1.07 bits per heavy atom. The summed E-state index contributed by atoms with van der Waals surface area (Å²) < 4.78 is 50.5. The van der Waals surface area contributed by atoms with E-state index in [9.17, 15) is 21.6 Å². The molecular weight excluding hydrogens is 400 g/mol. The molecule has 7 nitrogen and oxygen atoms in total. The van der Waals surface area contributed by atoms with Gasteiger partial charge in [0.05, 0.1) is 16.4 Å². The highest BCUT2D eigenvalue weighted by molar-refractivity contribution is 7.91. The molecular formula is C19H28N2O5S2. The van der Waals surface area contributed by atoms with Crippen molar-refractivity contribution in [2.24, 2.45) is 11.8 Å². The molecule has 28 heavy (non-hydrogen) atoms. The SMILES string of the molecule is Cc1ccc(S(=O)(=O)NCC2CCC(C(=O)N[C@H]3CCS(=O)(=O)C3)CC2)cc1. The first-order chi connectivity index (χ1) is 13.1. The van der Waals surface area contributed by atoms with Crippen molar-refractivity contribution in [3.8, 4) is 0 Å². The van der Waals surface area contributed by atoms with Gasteiger partial charge in [-0.05, 0) is 57.1 Å². The van der Waals surface area contributed by atoms with E-state index in [1.165, 1.54) is 0 Å². The number of amides is 1. The molecule has 2 aliphatic rings. The van der Waals surface area contributed by atoms with Crippen LogP contribution in [0.15, 0.2) is 29.2 Å². The largest absolute Gasteiger partial charge is 0.352 e. The first-order valence-corrected chi connectivity index (χ1v) is 13.0. The molecule has 1 aliphatic carbocycles. The van der Waals surface area contributed by atoms with Gasteiger partial charge in [-0.25, -0.2) is 21.6 Å². The van der Waals surface area contributed by atoms with Crippen LogP contribution in [0.1, 0.15) is 37.7 Å². The Bertz CT molecular complexity index is 902. The van der Waals surface area contributed by atoms with Crippen LogP contribution in [0.3, 0.4) is 0 Å². The van der Waals surface area contributed by atoms with Crippen molar-refractivity contribution < 1.29 is 21.6 Å². The van der Waals surface area contributed by atoms with Gasteiger partial charge in [-0.2, -0.15) is 0 Å². The van der Waals surface area contributed by atoms with Gasteiger partial charge in [-0.1, -0.05) is 17.7 Å². The van der Waals surface area contributed by atoms with Gasteiger partial charge in [-0.3, -0.25) is 4.79 Å². The minimum atomic E-state index is -3.52. The van der Waals surface area contributed by atoms with Gasteiger partial charge in [-0.15, -0.1) is 0 Å². The Morgan fingerprint density at radius 3 is 2.29 bits per heavy atom. The van der Waals surface area contributed by atoms with E-state index in [1.807, 2.05) is 6.92 Å². The van der Waals surface area contributed by atoms with Gasteiger partial charge in [0.25, 0.3) is 0 Å². The molecule has 1 aromatic rings. The molecule has 2 N–H and O–H groups in total. The summed E-state index contributed by atoms with van der Waals surface area (Å²) in [6.45, 7) is 2.27. The molecule has 0 radical (unpaired) electrons. The Labute approximate surface area is 167 Å². The molecule has 1 aliphatic heterocycles. The monoisotopic (exact) mass is 428 g/mol. The molecule has 2 fully saturated rings. The third-order valence-electron chi connectivity index (χ3n) is 5.69. The van der Waals surface area contributed by atoms with Gasteiger partial charge < -0.3 is 5.32 Å². The predicted octanol–water partition coefficient (Wildman–Crippen LogP) is 1.38. The van der Waals surface area contributed by atoms with Crippen LogP contribution >= 0.6 is 0 Å². The number of carbonyl (C=O) groups excluding carboxylic acids is 1. The molecule has 0 aromatic heterocycles. The summed E-state index contributed by atoms with van der Waals surface area (Å²) in [4.78, 5) is 12.6. The van der Waals surface area contributed by atoms with Crippen LogP contribution in [0.5, 0.6) is 0 Å². The van der Waals surface area contributed by atoms with Crippen molar-refractivity contribution >= 4 is 25.8 Å². The van der Waals surface area contributed by atoms with E-state index in [2.05, 4.69) is 10.0 Å². The number of sulfone groups is 1. The average molecular weight is 429 g/mol. The maximum absolute atomic E-state index is 12.4. The highest BCUT2D eigenvalue weighted by Crippen LogP contribution is 2.29. The molecule has 1 heterocycles. The van der Waals surface area contributed by atoms with Crippen LogP contribution in [0.25, 0.3) is 0 Å². The summed E-state index contributed by atoms with van der Waals surface area (Å²) in [6, 6.07) is 6.48. The van der Waals surface area contributed by atoms with E-state index in [0.29, 0.717) is 25.8 Å². The quantitative estimate of drug-likeness (QED) is 0.711. The molecule has 0 bridgehead atoms. The second-order valence-electron chi connectivity index (χ2n) is 7.99. The van der Waals surface area contributed by atoms with E-state index >= 15 is 0 Å². The number of rotatable bonds is 6. The second kappa shape index (κ2) is 8.51. The molecule has 3 rings (SSSR count). The fourth-order valence-electron chi connectivity index (χ4n) is 3.88. The molecule has 0 unspecified atom stereocenters. The molecule has 1 saturated carbocycles. The van der Waals surface area contributed by atoms with E-state index in [0.717, 1.165) is 18.4 Å². The molecule has 1 atom stereocenters. The lowest BCUT2D eigenvalue weighted by atomic mass is 9.81. The number of nitrogens with one attached hydrogen (secondary N) is 2. The zero-order valence-corrected chi connectivity index (χ0v) is 17.7. The van der Waals surface area contributed by atoms with Crippen molar-refractivity contribution in [2.75, 3.05) is 18.1 Å². The number of sulfonamides is 1. The average Bonchev–Trinajstić information content (AvgIpc) is 2.99. The van der Waals surface area contributed by atoms with Gasteiger partial charge in [0.1, 0.15) is 0 Å². The Balaban J connectivity index is 1.44. The van der Waals surface area contributed by atoms with Crippen molar-refractivity contribution in [1.82, 2.24) is 10.0 Å². The van der Waals surface area contributed by atoms with Crippen LogP contribution < -0.4 is 10.0 Å². The minimum absolute atomic E-state index is 0.0366. The normalized spacial score (nSPS) is 27.4. The smallest absolute Gasteiger partial charge is 0.240 e. The Kier molecular flexibility index (Phi) is 6.46. The summed E-state index contributed by atoms with van der Waals surface area (Å²) in [5.74, 6) is 0.200. The van der Waals surface area contributed by atoms with Crippen LogP contribution in [0, 0.1) is 18.8 Å². The fraction of sp³-hybridized carbons (Fsp3) is 0.632. The van der Waals surface area contributed by atoms with Gasteiger partial charge in [0, 0.05) is 18.5 Å². The van der Waals surface area contributed by atoms with E-state index in [4.69, 9.17) is 0 Å². The number of benzene rings is 1. The lowest BCUT2D eigenvalue weighted by molar-refractivity contribution is -0.126. The second-order valence-corrected chi connectivity index (χ2v) is 12.0. The number of hydrogen-bond acceptors (Lipinski definition) is 5. The maximum Gasteiger partial charge on any atom is 0.240 e. The van der Waals surface area contributed by atoms with Crippen molar-refractivity contribution in [2.45, 2.75) is 50.0 Å². The third kappa shape index (κ3) is 5.55. The topological polar surface area (TPSA) is 109 Å². The molecule has 1 aromatic carbocycles. The van der Waals surface area contributed by atoms with Crippen LogP contribution in [-0.4, -0.2) is 46.8 Å². The maximum atomic E-state index is 12.4. The summed E-state index contributed by atoms with van der Waals surface area (Å²) in [5.41, 5.74) is 1.01. The number of aryl methyl sites for hydroxylation is 1. The van der Waals surface area contributed by atoms with Crippen molar-refractivity contribution in [3.05, 3.63) is 29.8 Å². The minimum Gasteiger partial charge on any atom is -0.352 e. The van der Waals surface area contributed by atoms with Crippen LogP contribution in [0.2, 0.25) is 0 Å². The van der Waals surface area contributed by atoms with Crippen LogP contribution in [-0.2, 0) is 24.7 Å². The van der Waals surface area contributed by atoms with Crippen molar-refractivity contribution in [1.29, 1.82) is 0 Å². The first-order valence-electron chi connectivity index (χ1n) is 9.72. The van der Waals surface area contributed by atoms with E-state index < -0.39 is 19.9 Å². The molecule has 156 valence electrons. The molecule has 1 amide bonds. The summed E-state index contributed by atoms with van der Waals surface area (Å²) in [5, 5.41) is 2.87. The third-order valence-corrected chi connectivity index (χ3v) is 8.90. The first kappa shape index (κ1) is 21.3. The van der Waals surface area contributed by atoms with E-state index in [1.54, 1.807) is 24.3 Å². The number of hydrogen-bond donors (Lipinski definition) is 2. The van der Waals surface area contributed by atoms with Crippen molar-refractivity contribution in [3.63, 3.8) is 0 Å². The lowest BCUT2D eigenvalue weighted by Gasteiger charge is -2.28. The van der Waals surface area contributed by atoms with E-state index in [-0.39, 0.29) is 40.2 Å². The zero-order chi connectivity index (χ0) is 20.4. The summed E-state index contributed by atoms with van der Waals surface area (Å²) in [7, 11) is -6.53. The Hall–Kier alpha value is -1.45. The zero-order valence-electron chi connectivity index (χ0n) is 16.1. The lowest BCUT2D eigenvalue weighted by Crippen LogP contribution is -2.41. The molecule has 0 spiro atoms. The molecule has 1 saturated heterocycles. The predicted molar refractivity (Wildman–Crippen MR) is 107 cm³/mol. The van der Waals surface area contributed by atoms with Gasteiger partial charge in [0.2, 0.25) is 15.9 Å². The van der Waals surface area contributed by atoms with Gasteiger partial charge in [0.15, 0.2) is 9.84 Å². The summed E-state index contributed by atoms with van der Waals surface area (Å²) >= 11 is 0. The van der Waals surface area contributed by atoms with Crippen LogP contribution in [0.4, 0.5) is 0 Å². The Morgan fingerprint density at radius 2 is 1.71 bits per heavy atom. The van der Waals surface area contributed by atoms with Gasteiger partial charge >= 0.3 is 0 Å². The highest BCUT2D eigenvalue weighted by Gasteiger charge is 2.32. The fourth-order valence-corrected chi connectivity index (χ4v) is 6.67. The highest BCUT2D eigenvalue weighted by atomic mass is 32.2. The number of carbonyl (C=O) groups is 1.